The maximum absolute atomic E-state index is 13.3. The van der Waals surface area contributed by atoms with E-state index < -0.39 is 29.0 Å². The number of aliphatic hydroxyl groups excluding tert-OH is 2. The molecule has 4 bridgehead atoms. The molecular formula is C22H34N4O4. The summed E-state index contributed by atoms with van der Waals surface area (Å²) in [6, 6.07) is 0. The molecule has 0 radical (unpaired) electrons. The maximum Gasteiger partial charge on any atom is 0.256 e. The van der Waals surface area contributed by atoms with Gasteiger partial charge in [0.15, 0.2) is 12.0 Å². The number of nitrogens with zero attached hydrogens (tertiary/aromatic N) is 1. The van der Waals surface area contributed by atoms with E-state index in [1.807, 2.05) is 6.92 Å². The van der Waals surface area contributed by atoms with Gasteiger partial charge in [0.25, 0.3) is 5.91 Å². The molecule has 6 N–H and O–H groups in total. The number of carbonyl (C=O) groups excluding carboxylic acids is 1. The summed E-state index contributed by atoms with van der Waals surface area (Å²) in [5.41, 5.74) is -1.22. The van der Waals surface area contributed by atoms with Crippen molar-refractivity contribution in [3.8, 4) is 0 Å². The van der Waals surface area contributed by atoms with Crippen molar-refractivity contribution in [2.24, 2.45) is 11.8 Å². The van der Waals surface area contributed by atoms with E-state index in [4.69, 9.17) is 5.41 Å². The average Bonchev–Trinajstić information content (AvgIpc) is 2.63. The van der Waals surface area contributed by atoms with Gasteiger partial charge in [-0.2, -0.15) is 0 Å². The van der Waals surface area contributed by atoms with Crippen LogP contribution in [0, 0.1) is 17.2 Å². The molecule has 0 aromatic heterocycles. The van der Waals surface area contributed by atoms with Gasteiger partial charge in [-0.3, -0.25) is 10.2 Å². The number of hydrogen-bond donors (Lipinski definition) is 6. The summed E-state index contributed by atoms with van der Waals surface area (Å²) in [6.45, 7) is 2.49. The van der Waals surface area contributed by atoms with Gasteiger partial charge in [0, 0.05) is 25.3 Å². The van der Waals surface area contributed by atoms with Crippen LogP contribution in [-0.2, 0) is 4.79 Å². The van der Waals surface area contributed by atoms with Gasteiger partial charge in [-0.15, -0.1) is 0 Å². The second-order valence-electron chi connectivity index (χ2n) is 9.80. The third-order valence-electron chi connectivity index (χ3n) is 7.30. The van der Waals surface area contributed by atoms with E-state index in [1.54, 1.807) is 18.1 Å². The summed E-state index contributed by atoms with van der Waals surface area (Å²) in [7, 11) is 1.69. The molecule has 3 atom stereocenters. The van der Waals surface area contributed by atoms with Crippen LogP contribution in [0.3, 0.4) is 0 Å². The summed E-state index contributed by atoms with van der Waals surface area (Å²) in [6.07, 6.45) is 6.76. The lowest BCUT2D eigenvalue weighted by atomic mass is 9.51. The number of unbranched alkanes of at least 4 members (excludes halogenated alkanes) is 1. The Bertz CT molecular complexity index is 791. The normalized spacial score (nSPS) is 39.1. The van der Waals surface area contributed by atoms with Gasteiger partial charge in [-0.1, -0.05) is 13.3 Å². The van der Waals surface area contributed by atoms with Gasteiger partial charge in [0.1, 0.15) is 11.3 Å². The number of hydrogen-bond acceptors (Lipinski definition) is 7. The van der Waals surface area contributed by atoms with Crippen LogP contribution in [0.2, 0.25) is 0 Å². The van der Waals surface area contributed by atoms with E-state index in [9.17, 15) is 20.1 Å². The van der Waals surface area contributed by atoms with Crippen LogP contribution >= 0.6 is 0 Å². The first-order chi connectivity index (χ1) is 14.2. The Kier molecular flexibility index (Phi) is 5.34. The van der Waals surface area contributed by atoms with Crippen molar-refractivity contribution in [2.75, 3.05) is 13.6 Å². The molecule has 166 valence electrons. The van der Waals surface area contributed by atoms with Crippen LogP contribution in [0.5, 0.6) is 0 Å². The highest BCUT2D eigenvalue weighted by atomic mass is 16.3. The summed E-state index contributed by atoms with van der Waals surface area (Å²) in [5.74, 6) is -0.224. The lowest BCUT2D eigenvalue weighted by Crippen LogP contribution is -2.66. The van der Waals surface area contributed by atoms with Crippen molar-refractivity contribution < 1.29 is 20.1 Å². The molecule has 1 amide bonds. The lowest BCUT2D eigenvalue weighted by molar-refractivity contribution is -0.150. The summed E-state index contributed by atoms with van der Waals surface area (Å²) in [5, 5.41) is 46.9. The van der Waals surface area contributed by atoms with E-state index >= 15 is 0 Å². The number of aliphatic hydroxyl groups is 3. The Labute approximate surface area is 177 Å². The topological polar surface area (TPSA) is 129 Å². The molecule has 3 unspecified atom stereocenters. The van der Waals surface area contributed by atoms with Gasteiger partial charge in [0.2, 0.25) is 0 Å². The molecule has 8 nitrogen and oxygen atoms in total. The van der Waals surface area contributed by atoms with Gasteiger partial charge >= 0.3 is 0 Å². The minimum Gasteiger partial charge on any atom is -0.505 e. The fraction of sp³-hybridized carbons (Fsp3) is 0.727. The first-order valence-electron chi connectivity index (χ1n) is 11.1. The maximum atomic E-state index is 13.3. The second kappa shape index (κ2) is 7.57. The van der Waals surface area contributed by atoms with Crippen LogP contribution in [0.15, 0.2) is 23.2 Å². The molecule has 30 heavy (non-hydrogen) atoms. The van der Waals surface area contributed by atoms with Crippen molar-refractivity contribution in [3.05, 3.63) is 23.2 Å². The van der Waals surface area contributed by atoms with Crippen molar-refractivity contribution in [1.82, 2.24) is 15.5 Å². The average molecular weight is 419 g/mol. The number of amides is 1. The molecule has 4 saturated carbocycles. The minimum absolute atomic E-state index is 0.174. The van der Waals surface area contributed by atoms with Gasteiger partial charge < -0.3 is 30.9 Å². The van der Waals surface area contributed by atoms with E-state index in [0.717, 1.165) is 44.9 Å². The molecule has 0 spiro atoms. The first kappa shape index (κ1) is 21.2. The molecule has 4 aliphatic carbocycles. The molecule has 0 saturated heterocycles. The lowest BCUT2D eigenvalue weighted by Gasteiger charge is -2.60. The van der Waals surface area contributed by atoms with E-state index in [0.29, 0.717) is 30.5 Å². The fourth-order valence-electron chi connectivity index (χ4n) is 6.57. The molecule has 8 heteroatoms. The standard InChI is InChI=1S/C22H34N4O4/c1-3-4-5-26-15(11-24-2)17(23)18(27)16(20(26)29)19(28)25-21-7-13-6-14(8-21)10-22(30,9-13)12-21/h11,13-14,20,23-24,27,29-30H,3-10,12H2,1-2H3,(H,25,28)/b15-11+,23-17?. The number of nitrogens with one attached hydrogen (secondary N) is 3. The van der Waals surface area contributed by atoms with E-state index in [1.165, 1.54) is 0 Å². The molecule has 0 aromatic carbocycles. The monoisotopic (exact) mass is 418 g/mol. The predicted octanol–water partition coefficient (Wildman–Crippen LogP) is 1.51. The fourth-order valence-corrected chi connectivity index (χ4v) is 6.57. The van der Waals surface area contributed by atoms with Crippen molar-refractivity contribution >= 4 is 11.6 Å². The van der Waals surface area contributed by atoms with Crippen LogP contribution in [0.4, 0.5) is 0 Å². The molecular weight excluding hydrogens is 384 g/mol. The van der Waals surface area contributed by atoms with Gasteiger partial charge in [-0.25, -0.2) is 0 Å². The van der Waals surface area contributed by atoms with Crippen LogP contribution in [-0.4, -0.2) is 62.8 Å². The minimum atomic E-state index is -1.33. The number of carbonyl (C=O) groups is 1. The van der Waals surface area contributed by atoms with Gasteiger partial charge in [-0.05, 0) is 56.8 Å². The van der Waals surface area contributed by atoms with E-state index in [-0.39, 0.29) is 11.3 Å². The molecule has 0 aromatic rings. The zero-order valence-electron chi connectivity index (χ0n) is 17.9. The van der Waals surface area contributed by atoms with Crippen LogP contribution in [0.25, 0.3) is 0 Å². The Morgan fingerprint density at radius 2 is 1.97 bits per heavy atom. The molecule has 1 aliphatic heterocycles. The Morgan fingerprint density at radius 1 is 1.30 bits per heavy atom. The van der Waals surface area contributed by atoms with Crippen LogP contribution < -0.4 is 10.6 Å². The highest BCUT2D eigenvalue weighted by Crippen LogP contribution is 2.57. The molecule has 1 heterocycles. The van der Waals surface area contributed by atoms with Crippen molar-refractivity contribution in [2.45, 2.75) is 75.7 Å². The first-order valence-corrected chi connectivity index (χ1v) is 11.1. The third-order valence-corrected chi connectivity index (χ3v) is 7.30. The quantitative estimate of drug-likeness (QED) is 0.388. The van der Waals surface area contributed by atoms with E-state index in [2.05, 4.69) is 10.6 Å². The largest absolute Gasteiger partial charge is 0.505 e. The Morgan fingerprint density at radius 3 is 2.53 bits per heavy atom. The summed E-state index contributed by atoms with van der Waals surface area (Å²) >= 11 is 0. The second-order valence-corrected chi connectivity index (χ2v) is 9.80. The Hall–Kier alpha value is -2.06. The zero-order chi connectivity index (χ0) is 21.7. The number of rotatable bonds is 6. The summed E-state index contributed by atoms with van der Waals surface area (Å²) in [4.78, 5) is 14.9. The molecule has 5 aliphatic rings. The smallest absolute Gasteiger partial charge is 0.256 e. The predicted molar refractivity (Wildman–Crippen MR) is 113 cm³/mol. The van der Waals surface area contributed by atoms with Crippen LogP contribution in [0.1, 0.15) is 58.3 Å². The zero-order valence-corrected chi connectivity index (χ0v) is 17.9. The molecule has 5 rings (SSSR count). The highest BCUT2D eigenvalue weighted by molar-refractivity contribution is 6.14. The molecule has 4 fully saturated rings. The SMILES string of the molecule is CCCCN1/C(=C/NC)C(=N)C(O)=C(C(=O)NC23CC4CC(CC(O)(C4)C2)C3)C1O. The summed E-state index contributed by atoms with van der Waals surface area (Å²) < 4.78 is 0. The third kappa shape index (κ3) is 3.50. The highest BCUT2D eigenvalue weighted by Gasteiger charge is 2.58. The van der Waals surface area contributed by atoms with Crippen molar-refractivity contribution in [3.63, 3.8) is 0 Å². The van der Waals surface area contributed by atoms with Gasteiger partial charge in [0.05, 0.1) is 11.3 Å². The Balaban J connectivity index is 1.61. The van der Waals surface area contributed by atoms with Crippen molar-refractivity contribution in [1.29, 1.82) is 5.41 Å².